The van der Waals surface area contributed by atoms with Crippen LogP contribution in [0.4, 0.5) is 0 Å². The van der Waals surface area contributed by atoms with E-state index >= 15 is 0 Å². The van der Waals surface area contributed by atoms with E-state index in [-0.39, 0.29) is 31.1 Å². The molecule has 0 aliphatic heterocycles. The van der Waals surface area contributed by atoms with E-state index in [1.807, 2.05) is 0 Å². The molecule has 0 N–H and O–H groups in total. The lowest BCUT2D eigenvalue weighted by Crippen LogP contribution is -2.30. The lowest BCUT2D eigenvalue weighted by atomic mass is 10.0. The number of ether oxygens (including phenoxy) is 3. The molecule has 0 fully saturated rings. The average Bonchev–Trinajstić information content (AvgIpc) is 3.48. The molecular formula is C76H136O6. The molecule has 0 heterocycles. The largest absolute Gasteiger partial charge is 0.462 e. The second kappa shape index (κ2) is 70.3. The minimum absolute atomic E-state index is 0.0777. The minimum Gasteiger partial charge on any atom is -0.462 e. The molecule has 0 amide bonds. The van der Waals surface area contributed by atoms with E-state index in [1.54, 1.807) is 0 Å². The molecule has 0 rings (SSSR count). The zero-order valence-corrected chi connectivity index (χ0v) is 54.8. The van der Waals surface area contributed by atoms with Crippen molar-refractivity contribution in [3.05, 3.63) is 72.9 Å². The molecule has 0 saturated carbocycles. The summed E-state index contributed by atoms with van der Waals surface area (Å²) in [6.45, 7) is 6.63. The van der Waals surface area contributed by atoms with Crippen molar-refractivity contribution in [3.8, 4) is 0 Å². The van der Waals surface area contributed by atoms with Gasteiger partial charge in [-0.05, 0) is 116 Å². The number of unbranched alkanes of at least 4 members (excludes halogenated alkanes) is 43. The molecule has 0 aromatic carbocycles. The van der Waals surface area contributed by atoms with Crippen LogP contribution in [0.1, 0.15) is 374 Å². The smallest absolute Gasteiger partial charge is 0.306 e. The summed E-state index contributed by atoms with van der Waals surface area (Å²) < 4.78 is 17.0. The first-order valence-corrected chi connectivity index (χ1v) is 35.9. The topological polar surface area (TPSA) is 78.9 Å². The molecular weight excluding hydrogens is 1010 g/mol. The standard InChI is InChI=1S/C76H136O6/c1-4-7-10-13-16-19-22-25-28-30-31-32-33-34-35-36-37-38-39-40-41-42-43-44-45-47-48-51-54-57-60-63-66-69-75(78)81-72-73(71-80-74(77)68-65-62-59-56-53-50-27-24-21-18-15-12-9-6-3)82-76(79)70-67-64-61-58-55-52-49-46-29-26-23-20-17-14-11-8-5-2/h17,20,22,24-27,29-31,33-34,73H,4-16,18-19,21,23,28,32,35-72H2,1-3H3/b20-17-,25-22-,27-24-,29-26-,31-30-,34-33-. The normalized spacial score (nSPS) is 12.5. The Kier molecular flexibility index (Phi) is 67.6. The Morgan fingerprint density at radius 1 is 0.244 bits per heavy atom. The molecule has 0 aliphatic rings. The summed E-state index contributed by atoms with van der Waals surface area (Å²) in [6.07, 6.45) is 92.2. The molecule has 0 saturated heterocycles. The van der Waals surface area contributed by atoms with Crippen molar-refractivity contribution in [2.75, 3.05) is 13.2 Å². The van der Waals surface area contributed by atoms with Gasteiger partial charge >= 0.3 is 17.9 Å². The van der Waals surface area contributed by atoms with Gasteiger partial charge in [0.2, 0.25) is 0 Å². The van der Waals surface area contributed by atoms with Gasteiger partial charge < -0.3 is 14.2 Å². The highest BCUT2D eigenvalue weighted by Crippen LogP contribution is 2.18. The van der Waals surface area contributed by atoms with E-state index in [4.69, 9.17) is 14.2 Å². The second-order valence-corrected chi connectivity index (χ2v) is 24.1. The molecule has 0 aromatic rings. The van der Waals surface area contributed by atoms with Gasteiger partial charge in [-0.2, -0.15) is 0 Å². The SMILES string of the molecule is CCCCC/C=C\C/C=C\CCCCCCCCCC(=O)OC(COC(=O)CCCCCCC/C=C\CCCCCCC)COC(=O)CCCCCCCCCCCCCCCCCCCC/C=C\C/C=C\C/C=C\CCCCCCC. The van der Waals surface area contributed by atoms with Crippen LogP contribution in [0.2, 0.25) is 0 Å². The lowest BCUT2D eigenvalue weighted by Gasteiger charge is -2.18. The third-order valence-corrected chi connectivity index (χ3v) is 15.9. The Morgan fingerprint density at radius 3 is 0.720 bits per heavy atom. The van der Waals surface area contributed by atoms with Crippen molar-refractivity contribution in [1.29, 1.82) is 0 Å². The summed E-state index contributed by atoms with van der Waals surface area (Å²) in [7, 11) is 0. The first-order chi connectivity index (χ1) is 40.5. The molecule has 476 valence electrons. The van der Waals surface area contributed by atoms with Crippen LogP contribution in [0.3, 0.4) is 0 Å². The molecule has 0 aromatic heterocycles. The molecule has 0 radical (unpaired) electrons. The first kappa shape index (κ1) is 78.8. The van der Waals surface area contributed by atoms with Crippen LogP contribution in [0.5, 0.6) is 0 Å². The van der Waals surface area contributed by atoms with Gasteiger partial charge in [0.1, 0.15) is 13.2 Å². The zero-order valence-electron chi connectivity index (χ0n) is 54.8. The lowest BCUT2D eigenvalue weighted by molar-refractivity contribution is -0.167. The summed E-state index contributed by atoms with van der Waals surface area (Å²) >= 11 is 0. The maximum Gasteiger partial charge on any atom is 0.306 e. The Bertz CT molecular complexity index is 1500. The summed E-state index contributed by atoms with van der Waals surface area (Å²) in [5.74, 6) is -0.875. The number of hydrogen-bond acceptors (Lipinski definition) is 6. The summed E-state index contributed by atoms with van der Waals surface area (Å²) in [4.78, 5) is 38.4. The van der Waals surface area contributed by atoms with Gasteiger partial charge in [0.15, 0.2) is 6.10 Å². The third-order valence-electron chi connectivity index (χ3n) is 15.9. The maximum absolute atomic E-state index is 12.9. The number of hydrogen-bond donors (Lipinski definition) is 0. The molecule has 0 aliphatic carbocycles. The second-order valence-electron chi connectivity index (χ2n) is 24.1. The van der Waals surface area contributed by atoms with E-state index in [2.05, 4.69) is 93.7 Å². The van der Waals surface area contributed by atoms with Gasteiger partial charge in [-0.15, -0.1) is 0 Å². The van der Waals surface area contributed by atoms with Crippen molar-refractivity contribution in [3.63, 3.8) is 0 Å². The fourth-order valence-corrected chi connectivity index (χ4v) is 10.5. The van der Waals surface area contributed by atoms with Crippen LogP contribution in [0.25, 0.3) is 0 Å². The average molecular weight is 1150 g/mol. The van der Waals surface area contributed by atoms with Gasteiger partial charge in [0.05, 0.1) is 0 Å². The van der Waals surface area contributed by atoms with Gasteiger partial charge in [-0.25, -0.2) is 0 Å². The van der Waals surface area contributed by atoms with Crippen LogP contribution < -0.4 is 0 Å². The third kappa shape index (κ3) is 67.6. The van der Waals surface area contributed by atoms with E-state index in [9.17, 15) is 14.4 Å². The number of carbonyl (C=O) groups excluding carboxylic acids is 3. The van der Waals surface area contributed by atoms with E-state index < -0.39 is 6.10 Å². The van der Waals surface area contributed by atoms with E-state index in [0.29, 0.717) is 19.3 Å². The summed E-state index contributed by atoms with van der Waals surface area (Å²) in [6, 6.07) is 0. The fourth-order valence-electron chi connectivity index (χ4n) is 10.5. The Hall–Kier alpha value is -3.15. The number of allylic oxidation sites excluding steroid dienone is 12. The van der Waals surface area contributed by atoms with Crippen LogP contribution in [0, 0.1) is 0 Å². The highest BCUT2D eigenvalue weighted by atomic mass is 16.6. The molecule has 6 heteroatoms. The number of esters is 3. The number of rotatable bonds is 66. The first-order valence-electron chi connectivity index (χ1n) is 35.9. The maximum atomic E-state index is 12.9. The van der Waals surface area contributed by atoms with Crippen molar-refractivity contribution in [2.45, 2.75) is 380 Å². The minimum atomic E-state index is -0.783. The molecule has 1 atom stereocenters. The number of carbonyl (C=O) groups is 3. The fraction of sp³-hybridized carbons (Fsp3) is 0.803. The van der Waals surface area contributed by atoms with Crippen LogP contribution in [-0.2, 0) is 28.6 Å². The zero-order chi connectivity index (χ0) is 59.2. The Morgan fingerprint density at radius 2 is 0.439 bits per heavy atom. The Balaban J connectivity index is 4.17. The molecule has 82 heavy (non-hydrogen) atoms. The van der Waals surface area contributed by atoms with Crippen molar-refractivity contribution < 1.29 is 28.6 Å². The Labute approximate surface area is 510 Å². The molecule has 0 bridgehead atoms. The molecule has 1 unspecified atom stereocenters. The van der Waals surface area contributed by atoms with Gasteiger partial charge in [0, 0.05) is 19.3 Å². The van der Waals surface area contributed by atoms with Crippen molar-refractivity contribution in [1.82, 2.24) is 0 Å². The molecule has 0 spiro atoms. The monoisotopic (exact) mass is 1150 g/mol. The predicted molar refractivity (Wildman–Crippen MR) is 358 cm³/mol. The highest BCUT2D eigenvalue weighted by Gasteiger charge is 2.19. The van der Waals surface area contributed by atoms with Gasteiger partial charge in [-0.3, -0.25) is 14.4 Å². The van der Waals surface area contributed by atoms with Crippen LogP contribution >= 0.6 is 0 Å². The predicted octanol–water partition coefficient (Wildman–Crippen LogP) is 24.8. The van der Waals surface area contributed by atoms with Crippen molar-refractivity contribution in [2.24, 2.45) is 0 Å². The van der Waals surface area contributed by atoms with Crippen molar-refractivity contribution >= 4 is 17.9 Å². The molecule has 6 nitrogen and oxygen atoms in total. The van der Waals surface area contributed by atoms with Gasteiger partial charge in [0.25, 0.3) is 0 Å². The summed E-state index contributed by atoms with van der Waals surface area (Å²) in [5, 5.41) is 0. The van der Waals surface area contributed by atoms with E-state index in [1.165, 1.54) is 244 Å². The van der Waals surface area contributed by atoms with Crippen LogP contribution in [-0.4, -0.2) is 37.2 Å². The highest BCUT2D eigenvalue weighted by molar-refractivity contribution is 5.71. The van der Waals surface area contributed by atoms with Crippen LogP contribution in [0.15, 0.2) is 72.9 Å². The summed E-state index contributed by atoms with van der Waals surface area (Å²) in [5.41, 5.74) is 0. The quantitative estimate of drug-likeness (QED) is 0.0261. The van der Waals surface area contributed by atoms with E-state index in [0.717, 1.165) is 89.9 Å². The van der Waals surface area contributed by atoms with Gasteiger partial charge in [-0.1, -0.05) is 312 Å².